The lowest BCUT2D eigenvalue weighted by molar-refractivity contribution is 0.223. The molecular formula is C10H13NO. The third kappa shape index (κ3) is 2.49. The minimum absolute atomic E-state index is 0.258. The Hall–Kier alpha value is -1.12. The summed E-state index contributed by atoms with van der Waals surface area (Å²) in [6.45, 7) is 0.258. The normalized spacial score (nSPS) is 23.7. The van der Waals surface area contributed by atoms with Crippen molar-refractivity contribution in [3.8, 4) is 0 Å². The van der Waals surface area contributed by atoms with Crippen molar-refractivity contribution in [2.45, 2.75) is 6.10 Å². The molecule has 12 heavy (non-hydrogen) atoms. The Morgan fingerprint density at radius 1 is 1.17 bits per heavy atom. The molecule has 1 rings (SSSR count). The maximum Gasteiger partial charge on any atom is 0.0912 e. The lowest BCUT2D eigenvalue weighted by Crippen LogP contribution is -2.21. The van der Waals surface area contributed by atoms with Crippen LogP contribution in [-0.4, -0.2) is 17.8 Å². The molecule has 1 aliphatic carbocycles. The molecule has 0 bridgehead atoms. The van der Waals surface area contributed by atoms with Crippen molar-refractivity contribution in [1.29, 1.82) is 0 Å². The largest absolute Gasteiger partial charge is 0.387 e. The minimum atomic E-state index is -0.558. The first-order chi connectivity index (χ1) is 5.84. The zero-order valence-corrected chi connectivity index (χ0v) is 6.85. The van der Waals surface area contributed by atoms with Gasteiger partial charge in [-0.05, 0) is 5.57 Å². The topological polar surface area (TPSA) is 46.2 Å². The van der Waals surface area contributed by atoms with Crippen molar-refractivity contribution in [2.24, 2.45) is 5.73 Å². The van der Waals surface area contributed by atoms with Gasteiger partial charge in [-0.15, -0.1) is 0 Å². The Morgan fingerprint density at radius 2 is 1.83 bits per heavy atom. The van der Waals surface area contributed by atoms with E-state index < -0.39 is 6.10 Å². The monoisotopic (exact) mass is 163 g/mol. The lowest BCUT2D eigenvalue weighted by Gasteiger charge is -2.07. The third-order valence-electron chi connectivity index (χ3n) is 1.63. The lowest BCUT2D eigenvalue weighted by atomic mass is 10.1. The fourth-order valence-corrected chi connectivity index (χ4v) is 0.940. The molecule has 0 radical (unpaired) electrons. The van der Waals surface area contributed by atoms with Gasteiger partial charge in [0.05, 0.1) is 6.10 Å². The number of nitrogens with two attached hydrogens (primary N) is 1. The zero-order chi connectivity index (χ0) is 8.81. The Balaban J connectivity index is 2.75. The Morgan fingerprint density at radius 3 is 2.58 bits per heavy atom. The van der Waals surface area contributed by atoms with Crippen LogP contribution in [0.15, 0.2) is 48.1 Å². The van der Waals surface area contributed by atoms with Gasteiger partial charge in [-0.3, -0.25) is 0 Å². The van der Waals surface area contributed by atoms with E-state index in [2.05, 4.69) is 0 Å². The summed E-state index contributed by atoms with van der Waals surface area (Å²) in [5.41, 5.74) is 6.17. The first-order valence-electron chi connectivity index (χ1n) is 3.94. The van der Waals surface area contributed by atoms with E-state index in [4.69, 9.17) is 5.73 Å². The van der Waals surface area contributed by atoms with Gasteiger partial charge in [0.25, 0.3) is 0 Å². The quantitative estimate of drug-likeness (QED) is 0.635. The Labute approximate surface area is 72.4 Å². The molecular weight excluding hydrogens is 150 g/mol. The second kappa shape index (κ2) is 4.70. The molecule has 2 heteroatoms. The van der Waals surface area contributed by atoms with Gasteiger partial charge in [0.1, 0.15) is 0 Å². The van der Waals surface area contributed by atoms with Crippen molar-refractivity contribution in [3.05, 3.63) is 48.1 Å². The van der Waals surface area contributed by atoms with E-state index >= 15 is 0 Å². The van der Waals surface area contributed by atoms with E-state index in [1.165, 1.54) is 0 Å². The predicted octanol–water partition coefficient (Wildman–Crippen LogP) is 0.915. The van der Waals surface area contributed by atoms with Gasteiger partial charge in [0.2, 0.25) is 0 Å². The first kappa shape index (κ1) is 8.97. The predicted molar refractivity (Wildman–Crippen MR) is 50.6 cm³/mol. The van der Waals surface area contributed by atoms with E-state index in [-0.39, 0.29) is 6.54 Å². The molecule has 0 aliphatic heterocycles. The average Bonchev–Trinajstić information content (AvgIpc) is 2.02. The van der Waals surface area contributed by atoms with E-state index in [0.29, 0.717) is 0 Å². The van der Waals surface area contributed by atoms with E-state index in [0.717, 1.165) is 5.57 Å². The molecule has 0 saturated carbocycles. The fraction of sp³-hybridized carbons (Fsp3) is 0.200. The van der Waals surface area contributed by atoms with Crippen molar-refractivity contribution >= 4 is 0 Å². The fourth-order valence-electron chi connectivity index (χ4n) is 0.940. The number of hydrogen-bond donors (Lipinski definition) is 2. The molecule has 2 nitrogen and oxygen atoms in total. The highest BCUT2D eigenvalue weighted by atomic mass is 16.3. The van der Waals surface area contributed by atoms with Crippen LogP contribution in [0.4, 0.5) is 0 Å². The third-order valence-corrected chi connectivity index (χ3v) is 1.63. The molecule has 64 valence electrons. The first-order valence-corrected chi connectivity index (χ1v) is 3.94. The van der Waals surface area contributed by atoms with Gasteiger partial charge in [-0.25, -0.2) is 0 Å². The highest BCUT2D eigenvalue weighted by molar-refractivity contribution is 5.33. The zero-order valence-electron chi connectivity index (χ0n) is 6.85. The summed E-state index contributed by atoms with van der Waals surface area (Å²) in [7, 11) is 0. The van der Waals surface area contributed by atoms with E-state index in [1.54, 1.807) is 0 Å². The van der Waals surface area contributed by atoms with Crippen LogP contribution >= 0.6 is 0 Å². The molecule has 0 saturated heterocycles. The van der Waals surface area contributed by atoms with E-state index in [1.807, 2.05) is 42.5 Å². The van der Waals surface area contributed by atoms with Crippen LogP contribution in [0.1, 0.15) is 0 Å². The van der Waals surface area contributed by atoms with Crippen LogP contribution in [0.5, 0.6) is 0 Å². The number of allylic oxidation sites excluding steroid dienone is 6. The summed E-state index contributed by atoms with van der Waals surface area (Å²) in [5, 5.41) is 9.40. The smallest absolute Gasteiger partial charge is 0.0912 e. The van der Waals surface area contributed by atoms with Gasteiger partial charge in [0, 0.05) is 6.54 Å². The van der Waals surface area contributed by atoms with Gasteiger partial charge < -0.3 is 10.8 Å². The van der Waals surface area contributed by atoms with E-state index in [9.17, 15) is 5.11 Å². The Kier molecular flexibility index (Phi) is 3.51. The highest BCUT2D eigenvalue weighted by Gasteiger charge is 2.03. The molecule has 0 aromatic heterocycles. The molecule has 0 aromatic carbocycles. The molecule has 1 unspecified atom stereocenters. The van der Waals surface area contributed by atoms with Crippen LogP contribution in [0, 0.1) is 0 Å². The molecule has 3 N–H and O–H groups in total. The summed E-state index contributed by atoms with van der Waals surface area (Å²) in [4.78, 5) is 0. The van der Waals surface area contributed by atoms with Gasteiger partial charge >= 0.3 is 0 Å². The Bertz CT molecular complexity index is 249. The molecule has 1 aliphatic rings. The summed E-state index contributed by atoms with van der Waals surface area (Å²) in [6.07, 6.45) is 12.7. The molecule has 0 aromatic rings. The van der Waals surface area contributed by atoms with Crippen LogP contribution in [0.25, 0.3) is 0 Å². The standard InChI is InChI=1S/C10H13NO/c11-8-10(12)9-6-4-2-1-3-5-7-9/h1-7,10,12H,8,11H2/b2-1-,3-1?,4-2?,5-3-,6-4?,7-5?,9-6?,9-7?. The average molecular weight is 163 g/mol. The second-order valence-electron chi connectivity index (χ2n) is 2.55. The maximum atomic E-state index is 9.40. The van der Waals surface area contributed by atoms with Crippen LogP contribution < -0.4 is 5.73 Å². The number of rotatable bonds is 2. The second-order valence-corrected chi connectivity index (χ2v) is 2.55. The molecule has 0 fully saturated rings. The molecule has 0 spiro atoms. The highest BCUT2D eigenvalue weighted by Crippen LogP contribution is 2.05. The van der Waals surface area contributed by atoms with Crippen LogP contribution in [0.2, 0.25) is 0 Å². The van der Waals surface area contributed by atoms with Crippen molar-refractivity contribution in [2.75, 3.05) is 6.54 Å². The summed E-state index contributed by atoms with van der Waals surface area (Å²) in [5.74, 6) is 0. The van der Waals surface area contributed by atoms with Crippen molar-refractivity contribution in [3.63, 3.8) is 0 Å². The molecule has 0 heterocycles. The number of hydrogen-bond acceptors (Lipinski definition) is 2. The maximum absolute atomic E-state index is 9.40. The molecule has 0 amide bonds. The van der Waals surface area contributed by atoms with Crippen LogP contribution in [0.3, 0.4) is 0 Å². The van der Waals surface area contributed by atoms with Gasteiger partial charge in [0.15, 0.2) is 0 Å². The SMILES string of the molecule is NCC(O)C1=C/C=C\C=C/C=C1. The van der Waals surface area contributed by atoms with Gasteiger partial charge in [-0.2, -0.15) is 0 Å². The summed E-state index contributed by atoms with van der Waals surface area (Å²) < 4.78 is 0. The van der Waals surface area contributed by atoms with Crippen molar-refractivity contribution in [1.82, 2.24) is 0 Å². The summed E-state index contributed by atoms with van der Waals surface area (Å²) in [6, 6.07) is 0. The summed E-state index contributed by atoms with van der Waals surface area (Å²) >= 11 is 0. The van der Waals surface area contributed by atoms with Crippen LogP contribution in [-0.2, 0) is 0 Å². The number of aliphatic hydroxyl groups is 1. The molecule has 1 atom stereocenters. The van der Waals surface area contributed by atoms with Crippen molar-refractivity contribution < 1.29 is 5.11 Å². The minimum Gasteiger partial charge on any atom is -0.387 e. The number of aliphatic hydroxyl groups excluding tert-OH is 1. The van der Waals surface area contributed by atoms with Gasteiger partial charge in [-0.1, -0.05) is 42.5 Å².